The predicted octanol–water partition coefficient (Wildman–Crippen LogP) is 1.52. The molecule has 1 fully saturated rings. The van der Waals surface area contributed by atoms with Crippen LogP contribution in [0.1, 0.15) is 24.3 Å². The number of aromatic nitrogens is 3. The zero-order chi connectivity index (χ0) is 14.8. The molecular weight excluding hydrogens is 268 g/mol. The Morgan fingerprint density at radius 2 is 2.05 bits per heavy atom. The molecule has 0 bridgehead atoms. The van der Waals surface area contributed by atoms with E-state index in [1.165, 1.54) is 11.0 Å². The van der Waals surface area contributed by atoms with Crippen molar-refractivity contribution in [1.29, 1.82) is 0 Å². The minimum Gasteiger partial charge on any atom is -0.375 e. The van der Waals surface area contributed by atoms with Crippen molar-refractivity contribution in [2.45, 2.75) is 26.0 Å². The third kappa shape index (κ3) is 2.80. The van der Waals surface area contributed by atoms with E-state index in [-0.39, 0.29) is 18.1 Å². The molecule has 6 nitrogen and oxygen atoms in total. The van der Waals surface area contributed by atoms with Crippen molar-refractivity contribution in [1.82, 2.24) is 19.9 Å². The molecule has 1 aliphatic heterocycles. The first-order valence-electron chi connectivity index (χ1n) is 7.05. The number of amides is 1. The summed E-state index contributed by atoms with van der Waals surface area (Å²) < 4.78 is 5.55. The van der Waals surface area contributed by atoms with Gasteiger partial charge in [0.15, 0.2) is 5.69 Å². The number of benzene rings is 1. The molecule has 0 unspecified atom stereocenters. The van der Waals surface area contributed by atoms with Crippen LogP contribution in [0.2, 0.25) is 0 Å². The molecule has 0 N–H and O–H groups in total. The van der Waals surface area contributed by atoms with Crippen LogP contribution in [0.3, 0.4) is 0 Å². The quantitative estimate of drug-likeness (QED) is 0.839. The van der Waals surface area contributed by atoms with Gasteiger partial charge in [0.2, 0.25) is 0 Å². The monoisotopic (exact) mass is 286 g/mol. The van der Waals surface area contributed by atoms with Crippen LogP contribution in [-0.2, 0) is 4.74 Å². The number of nitrogens with zero attached hydrogens (tertiary/aromatic N) is 4. The first kappa shape index (κ1) is 13.8. The predicted molar refractivity (Wildman–Crippen MR) is 77.3 cm³/mol. The average Bonchev–Trinajstić information content (AvgIpc) is 3.00. The van der Waals surface area contributed by atoms with E-state index in [0.29, 0.717) is 18.8 Å². The number of para-hydroxylation sites is 1. The Hall–Kier alpha value is -2.21. The fraction of sp³-hybridized carbons (Fsp3) is 0.400. The van der Waals surface area contributed by atoms with Gasteiger partial charge >= 0.3 is 0 Å². The molecule has 3 rings (SSSR count). The summed E-state index contributed by atoms with van der Waals surface area (Å²) in [4.78, 5) is 15.8. The van der Waals surface area contributed by atoms with Gasteiger partial charge in [0, 0.05) is 6.54 Å². The van der Waals surface area contributed by atoms with E-state index in [2.05, 4.69) is 10.2 Å². The van der Waals surface area contributed by atoms with Crippen LogP contribution in [0.4, 0.5) is 0 Å². The number of carbonyl (C=O) groups is 1. The highest BCUT2D eigenvalue weighted by atomic mass is 16.5. The van der Waals surface area contributed by atoms with Crippen LogP contribution in [0.15, 0.2) is 36.5 Å². The van der Waals surface area contributed by atoms with Gasteiger partial charge in [0.25, 0.3) is 5.91 Å². The Morgan fingerprint density at radius 3 is 2.81 bits per heavy atom. The highest BCUT2D eigenvalue weighted by Gasteiger charge is 2.29. The smallest absolute Gasteiger partial charge is 0.276 e. The summed E-state index contributed by atoms with van der Waals surface area (Å²) in [6, 6.07) is 9.59. The zero-order valence-electron chi connectivity index (χ0n) is 12.1. The lowest BCUT2D eigenvalue weighted by atomic mass is 10.2. The molecule has 21 heavy (non-hydrogen) atoms. The number of ether oxygens (including phenoxy) is 1. The summed E-state index contributed by atoms with van der Waals surface area (Å²) in [7, 11) is 0. The molecule has 2 atom stereocenters. The minimum absolute atomic E-state index is 0.0503. The Balaban J connectivity index is 1.81. The van der Waals surface area contributed by atoms with E-state index >= 15 is 0 Å². The molecule has 1 aromatic carbocycles. The van der Waals surface area contributed by atoms with E-state index in [9.17, 15) is 4.79 Å². The van der Waals surface area contributed by atoms with E-state index in [1.54, 1.807) is 4.90 Å². The third-order valence-electron chi connectivity index (χ3n) is 3.57. The van der Waals surface area contributed by atoms with Gasteiger partial charge in [0.05, 0.1) is 30.6 Å². The fourth-order valence-corrected chi connectivity index (χ4v) is 2.38. The lowest BCUT2D eigenvalue weighted by Crippen LogP contribution is -2.50. The van der Waals surface area contributed by atoms with Crippen molar-refractivity contribution in [2.75, 3.05) is 13.2 Å². The van der Waals surface area contributed by atoms with Crippen LogP contribution in [-0.4, -0.2) is 51.1 Å². The highest BCUT2D eigenvalue weighted by molar-refractivity contribution is 5.92. The second-order valence-corrected chi connectivity index (χ2v) is 5.31. The molecule has 110 valence electrons. The molecular formula is C15H18N4O2. The lowest BCUT2D eigenvalue weighted by molar-refractivity contribution is -0.0389. The summed E-state index contributed by atoms with van der Waals surface area (Å²) in [5.74, 6) is -0.0974. The molecule has 1 saturated heterocycles. The van der Waals surface area contributed by atoms with Gasteiger partial charge in [-0.3, -0.25) is 4.79 Å². The fourth-order valence-electron chi connectivity index (χ4n) is 2.38. The van der Waals surface area contributed by atoms with Crippen molar-refractivity contribution in [3.63, 3.8) is 0 Å². The summed E-state index contributed by atoms with van der Waals surface area (Å²) in [6.45, 7) is 5.08. The normalized spacial score (nSPS) is 22.3. The SMILES string of the molecule is C[C@@H]1CN(C(=O)c2cnn(-c3ccccc3)n2)[C@H](C)CO1. The molecule has 2 aromatic rings. The maximum Gasteiger partial charge on any atom is 0.276 e. The third-order valence-corrected chi connectivity index (χ3v) is 3.57. The molecule has 0 saturated carbocycles. The number of hydrogen-bond acceptors (Lipinski definition) is 4. The second kappa shape index (κ2) is 5.65. The van der Waals surface area contributed by atoms with E-state index in [0.717, 1.165) is 5.69 Å². The lowest BCUT2D eigenvalue weighted by Gasteiger charge is -2.36. The van der Waals surface area contributed by atoms with Crippen LogP contribution in [0.5, 0.6) is 0 Å². The first-order valence-corrected chi connectivity index (χ1v) is 7.05. The molecule has 0 aliphatic carbocycles. The van der Waals surface area contributed by atoms with Crippen LogP contribution < -0.4 is 0 Å². The number of morpholine rings is 1. The number of hydrogen-bond donors (Lipinski definition) is 0. The maximum absolute atomic E-state index is 12.6. The molecule has 0 spiro atoms. The first-order chi connectivity index (χ1) is 10.1. The molecule has 6 heteroatoms. The molecule has 2 heterocycles. The van der Waals surface area contributed by atoms with Gasteiger partial charge in [-0.25, -0.2) is 0 Å². The second-order valence-electron chi connectivity index (χ2n) is 5.31. The van der Waals surface area contributed by atoms with Crippen molar-refractivity contribution < 1.29 is 9.53 Å². The van der Waals surface area contributed by atoms with Gasteiger partial charge in [-0.15, -0.1) is 5.10 Å². The number of rotatable bonds is 2. The molecule has 1 amide bonds. The number of carbonyl (C=O) groups excluding carboxylic acids is 1. The van der Waals surface area contributed by atoms with E-state index in [1.807, 2.05) is 44.2 Å². The Bertz CT molecular complexity index is 626. The summed E-state index contributed by atoms with van der Waals surface area (Å²) in [6.07, 6.45) is 1.57. The average molecular weight is 286 g/mol. The van der Waals surface area contributed by atoms with Crippen molar-refractivity contribution in [3.8, 4) is 5.69 Å². The van der Waals surface area contributed by atoms with Crippen molar-refractivity contribution in [2.24, 2.45) is 0 Å². The summed E-state index contributed by atoms with van der Waals surface area (Å²) in [5.41, 5.74) is 1.19. The Morgan fingerprint density at radius 1 is 1.29 bits per heavy atom. The highest BCUT2D eigenvalue weighted by Crippen LogP contribution is 2.14. The van der Waals surface area contributed by atoms with Gasteiger partial charge in [0.1, 0.15) is 0 Å². The van der Waals surface area contributed by atoms with Crippen LogP contribution in [0.25, 0.3) is 5.69 Å². The molecule has 1 aromatic heterocycles. The maximum atomic E-state index is 12.6. The van der Waals surface area contributed by atoms with E-state index in [4.69, 9.17) is 4.74 Å². The standard InChI is InChI=1S/C15H18N4O2/c1-11-10-21-12(2)9-18(11)15(20)14-8-16-19(17-14)13-6-4-3-5-7-13/h3-8,11-12H,9-10H2,1-2H3/t11-,12-/m1/s1. The van der Waals surface area contributed by atoms with Crippen molar-refractivity contribution >= 4 is 5.91 Å². The largest absolute Gasteiger partial charge is 0.375 e. The molecule has 1 aliphatic rings. The van der Waals surface area contributed by atoms with Gasteiger partial charge < -0.3 is 9.64 Å². The van der Waals surface area contributed by atoms with Crippen LogP contribution >= 0.6 is 0 Å². The topological polar surface area (TPSA) is 60.2 Å². The molecule has 0 radical (unpaired) electrons. The van der Waals surface area contributed by atoms with Gasteiger partial charge in [-0.2, -0.15) is 9.90 Å². The summed E-state index contributed by atoms with van der Waals surface area (Å²) >= 11 is 0. The zero-order valence-corrected chi connectivity index (χ0v) is 12.1. The minimum atomic E-state index is -0.0974. The Labute approximate surface area is 123 Å². The van der Waals surface area contributed by atoms with Crippen molar-refractivity contribution in [3.05, 3.63) is 42.2 Å². The Kier molecular flexibility index (Phi) is 3.70. The van der Waals surface area contributed by atoms with Gasteiger partial charge in [-0.1, -0.05) is 18.2 Å². The summed E-state index contributed by atoms with van der Waals surface area (Å²) in [5, 5.41) is 8.46. The van der Waals surface area contributed by atoms with E-state index < -0.39 is 0 Å². The van der Waals surface area contributed by atoms with Crippen LogP contribution in [0, 0.1) is 0 Å². The van der Waals surface area contributed by atoms with Gasteiger partial charge in [-0.05, 0) is 26.0 Å².